The highest BCUT2D eigenvalue weighted by molar-refractivity contribution is 5.78. The zero-order valence-electron chi connectivity index (χ0n) is 8.62. The molecule has 7 heteroatoms. The van der Waals surface area contributed by atoms with Gasteiger partial charge < -0.3 is 9.47 Å². The number of methoxy groups -OCH3 is 1. The van der Waals surface area contributed by atoms with E-state index in [0.717, 1.165) is 12.1 Å². The van der Waals surface area contributed by atoms with E-state index in [-0.39, 0.29) is 0 Å². The summed E-state index contributed by atoms with van der Waals surface area (Å²) in [6.07, 6.45) is -4.98. The first-order valence-corrected chi connectivity index (χ1v) is 4.39. The molecule has 0 radical (unpaired) electrons. The summed E-state index contributed by atoms with van der Waals surface area (Å²) in [5, 5.41) is 0. The molecule has 3 nitrogen and oxygen atoms in total. The van der Waals surface area contributed by atoms with E-state index < -0.39 is 23.7 Å². The zero-order chi connectivity index (χ0) is 13.1. The van der Waals surface area contributed by atoms with Crippen LogP contribution in [-0.4, -0.2) is 25.1 Å². The first kappa shape index (κ1) is 13.3. The number of halogens is 4. The highest BCUT2D eigenvalue weighted by Crippen LogP contribution is 2.37. The van der Waals surface area contributed by atoms with Crippen molar-refractivity contribution in [3.63, 3.8) is 0 Å². The van der Waals surface area contributed by atoms with Gasteiger partial charge in [-0.2, -0.15) is 17.6 Å². The van der Waals surface area contributed by atoms with E-state index in [1.807, 2.05) is 0 Å². The van der Waals surface area contributed by atoms with Crippen LogP contribution in [-0.2, 0) is 9.53 Å². The Kier molecular flexibility index (Phi) is 3.59. The van der Waals surface area contributed by atoms with Crippen molar-refractivity contribution in [2.24, 2.45) is 0 Å². The number of para-hydroxylation sites is 1. The van der Waals surface area contributed by atoms with E-state index in [1.165, 1.54) is 18.2 Å². The number of carbonyl (C=O) groups excluding carboxylic acids is 1. The van der Waals surface area contributed by atoms with Crippen molar-refractivity contribution in [1.82, 2.24) is 0 Å². The van der Waals surface area contributed by atoms with Crippen LogP contribution in [0.15, 0.2) is 30.3 Å². The monoisotopic (exact) mass is 252 g/mol. The van der Waals surface area contributed by atoms with Crippen molar-refractivity contribution in [2.45, 2.75) is 12.0 Å². The van der Waals surface area contributed by atoms with Gasteiger partial charge in [0.05, 0.1) is 7.11 Å². The van der Waals surface area contributed by atoms with Crippen LogP contribution in [0, 0.1) is 0 Å². The second-order valence-electron chi connectivity index (χ2n) is 3.00. The van der Waals surface area contributed by atoms with Gasteiger partial charge in [0, 0.05) is 0 Å². The lowest BCUT2D eigenvalue weighted by molar-refractivity contribution is -0.303. The molecule has 17 heavy (non-hydrogen) atoms. The van der Waals surface area contributed by atoms with Gasteiger partial charge in [0.25, 0.3) is 0 Å². The molecule has 0 atom stereocenters. The summed E-state index contributed by atoms with van der Waals surface area (Å²) < 4.78 is 59.4. The molecule has 0 spiro atoms. The summed E-state index contributed by atoms with van der Waals surface area (Å²) in [6, 6.07) is 6.25. The maximum atomic E-state index is 13.1. The van der Waals surface area contributed by atoms with Crippen molar-refractivity contribution >= 4 is 5.97 Å². The van der Waals surface area contributed by atoms with Crippen LogP contribution in [0.3, 0.4) is 0 Å². The molecule has 0 aliphatic rings. The third kappa shape index (κ3) is 2.66. The Morgan fingerprint density at radius 1 is 1.12 bits per heavy atom. The number of rotatable bonds is 4. The number of alkyl halides is 4. The highest BCUT2D eigenvalue weighted by Gasteiger charge is 2.66. The molecule has 0 amide bonds. The first-order valence-electron chi connectivity index (χ1n) is 4.39. The van der Waals surface area contributed by atoms with E-state index in [1.54, 1.807) is 0 Å². The summed E-state index contributed by atoms with van der Waals surface area (Å²) in [5.41, 5.74) is 0. The van der Waals surface area contributed by atoms with E-state index in [9.17, 15) is 22.4 Å². The van der Waals surface area contributed by atoms with Gasteiger partial charge in [0.2, 0.25) is 0 Å². The number of benzene rings is 1. The van der Waals surface area contributed by atoms with E-state index in [2.05, 4.69) is 9.47 Å². The van der Waals surface area contributed by atoms with Crippen LogP contribution < -0.4 is 4.74 Å². The van der Waals surface area contributed by atoms with Gasteiger partial charge in [-0.25, -0.2) is 4.79 Å². The zero-order valence-corrected chi connectivity index (χ0v) is 8.62. The van der Waals surface area contributed by atoms with E-state index in [0.29, 0.717) is 7.11 Å². The van der Waals surface area contributed by atoms with Crippen molar-refractivity contribution in [2.75, 3.05) is 7.11 Å². The Balaban J connectivity index is 2.92. The molecule has 1 aromatic rings. The van der Waals surface area contributed by atoms with Gasteiger partial charge >= 0.3 is 18.0 Å². The van der Waals surface area contributed by atoms with E-state index >= 15 is 0 Å². The van der Waals surface area contributed by atoms with Crippen LogP contribution in [0.25, 0.3) is 0 Å². The highest BCUT2D eigenvalue weighted by atomic mass is 19.3. The third-order valence-electron chi connectivity index (χ3n) is 1.80. The minimum Gasteiger partial charge on any atom is -0.464 e. The average Bonchev–Trinajstić information content (AvgIpc) is 2.28. The predicted octanol–water partition coefficient (Wildman–Crippen LogP) is 2.47. The Labute approximate surface area is 93.9 Å². The molecule has 0 unspecified atom stereocenters. The Morgan fingerprint density at radius 3 is 2.12 bits per heavy atom. The second-order valence-corrected chi connectivity index (χ2v) is 3.00. The third-order valence-corrected chi connectivity index (χ3v) is 1.80. The van der Waals surface area contributed by atoms with Crippen molar-refractivity contribution < 1.29 is 31.8 Å². The minimum atomic E-state index is -5.06. The molecular formula is C10H8F4O3. The quantitative estimate of drug-likeness (QED) is 0.610. The van der Waals surface area contributed by atoms with Gasteiger partial charge in [0.15, 0.2) is 0 Å². The topological polar surface area (TPSA) is 35.5 Å². The fourth-order valence-electron chi connectivity index (χ4n) is 0.948. The van der Waals surface area contributed by atoms with Crippen LogP contribution in [0.5, 0.6) is 5.75 Å². The van der Waals surface area contributed by atoms with Crippen molar-refractivity contribution in [3.8, 4) is 5.75 Å². The molecule has 0 saturated heterocycles. The Bertz CT molecular complexity index is 392. The standard InChI is InChI=1S/C10H8F4O3/c1-16-8(15)9(11,12)10(13,14)17-7-5-3-2-4-6-7/h2-6H,1H3. The van der Waals surface area contributed by atoms with Gasteiger partial charge in [-0.15, -0.1) is 0 Å². The SMILES string of the molecule is COC(=O)C(F)(F)C(F)(F)Oc1ccccc1. The smallest absolute Gasteiger partial charge is 0.464 e. The van der Waals surface area contributed by atoms with Crippen LogP contribution in [0.1, 0.15) is 0 Å². The second kappa shape index (κ2) is 4.60. The van der Waals surface area contributed by atoms with E-state index in [4.69, 9.17) is 0 Å². The lowest BCUT2D eigenvalue weighted by atomic mass is 10.3. The predicted molar refractivity (Wildman–Crippen MR) is 49.0 cm³/mol. The molecule has 0 aromatic heterocycles. The van der Waals surface area contributed by atoms with Gasteiger partial charge in [-0.1, -0.05) is 18.2 Å². The molecule has 0 fully saturated rings. The lowest BCUT2D eigenvalue weighted by Gasteiger charge is -2.24. The molecule has 0 aliphatic carbocycles. The van der Waals surface area contributed by atoms with Crippen molar-refractivity contribution in [1.29, 1.82) is 0 Å². The molecule has 94 valence electrons. The maximum absolute atomic E-state index is 13.1. The van der Waals surface area contributed by atoms with Crippen molar-refractivity contribution in [3.05, 3.63) is 30.3 Å². The Morgan fingerprint density at radius 2 is 1.65 bits per heavy atom. The molecule has 0 N–H and O–H groups in total. The summed E-state index contributed by atoms with van der Waals surface area (Å²) >= 11 is 0. The van der Waals surface area contributed by atoms with Gasteiger partial charge in [-0.3, -0.25) is 0 Å². The van der Waals surface area contributed by atoms with Crippen LogP contribution >= 0.6 is 0 Å². The number of hydrogen-bond acceptors (Lipinski definition) is 3. The summed E-state index contributed by atoms with van der Waals surface area (Å²) in [6.45, 7) is 0. The normalized spacial score (nSPS) is 12.1. The average molecular weight is 252 g/mol. The first-order chi connectivity index (χ1) is 7.81. The number of hydrogen-bond donors (Lipinski definition) is 0. The summed E-state index contributed by atoms with van der Waals surface area (Å²) in [4.78, 5) is 10.5. The fraction of sp³-hybridized carbons (Fsp3) is 0.300. The largest absolute Gasteiger partial charge is 0.476 e. The molecule has 1 aromatic carbocycles. The van der Waals surface area contributed by atoms with Gasteiger partial charge in [-0.05, 0) is 12.1 Å². The molecule has 0 bridgehead atoms. The maximum Gasteiger partial charge on any atom is 0.476 e. The molecule has 0 heterocycles. The van der Waals surface area contributed by atoms with Gasteiger partial charge in [0.1, 0.15) is 5.75 Å². The lowest BCUT2D eigenvalue weighted by Crippen LogP contribution is -2.51. The minimum absolute atomic E-state index is 0.485. The van der Waals surface area contributed by atoms with Crippen LogP contribution in [0.4, 0.5) is 17.6 Å². The summed E-state index contributed by atoms with van der Waals surface area (Å²) in [5.74, 6) is -7.91. The molecular weight excluding hydrogens is 244 g/mol. The number of ether oxygens (including phenoxy) is 2. The van der Waals surface area contributed by atoms with Crippen LogP contribution in [0.2, 0.25) is 0 Å². The molecule has 1 rings (SSSR count). The summed E-state index contributed by atoms with van der Waals surface area (Å²) in [7, 11) is 0.578. The number of carbonyl (C=O) groups is 1. The number of esters is 1. The molecule has 0 saturated carbocycles. The fourth-order valence-corrected chi connectivity index (χ4v) is 0.948. The molecule has 0 aliphatic heterocycles. The Hall–Kier alpha value is -1.79.